The SMILES string of the molecule is Nc1cccc(C(=O)CCC(=O)NC2CC2)c1. The van der Waals surface area contributed by atoms with Crippen LogP contribution in [0.25, 0.3) is 0 Å². The van der Waals surface area contributed by atoms with Crippen molar-refractivity contribution in [3.8, 4) is 0 Å². The lowest BCUT2D eigenvalue weighted by Crippen LogP contribution is -2.25. The van der Waals surface area contributed by atoms with E-state index in [9.17, 15) is 9.59 Å². The second-order valence-electron chi connectivity index (χ2n) is 4.39. The van der Waals surface area contributed by atoms with Crippen molar-refractivity contribution in [1.82, 2.24) is 5.32 Å². The molecule has 2 rings (SSSR count). The monoisotopic (exact) mass is 232 g/mol. The summed E-state index contributed by atoms with van der Waals surface area (Å²) in [6, 6.07) is 7.19. The molecular formula is C13H16N2O2. The van der Waals surface area contributed by atoms with Crippen LogP contribution in [0.1, 0.15) is 36.0 Å². The van der Waals surface area contributed by atoms with Crippen molar-refractivity contribution in [1.29, 1.82) is 0 Å². The minimum absolute atomic E-state index is 0.0373. The lowest BCUT2D eigenvalue weighted by atomic mass is 10.1. The minimum Gasteiger partial charge on any atom is -0.399 e. The fraction of sp³-hybridized carbons (Fsp3) is 0.385. The molecule has 0 aromatic heterocycles. The summed E-state index contributed by atoms with van der Waals surface area (Å²) in [5.74, 6) is -0.0759. The predicted molar refractivity (Wildman–Crippen MR) is 65.6 cm³/mol. The van der Waals surface area contributed by atoms with E-state index in [4.69, 9.17) is 5.73 Å². The molecule has 0 atom stereocenters. The Morgan fingerprint density at radius 2 is 2.06 bits per heavy atom. The molecule has 17 heavy (non-hydrogen) atoms. The van der Waals surface area contributed by atoms with Gasteiger partial charge in [0, 0.05) is 30.1 Å². The maximum absolute atomic E-state index is 11.8. The van der Waals surface area contributed by atoms with Crippen molar-refractivity contribution >= 4 is 17.4 Å². The highest BCUT2D eigenvalue weighted by Gasteiger charge is 2.23. The van der Waals surface area contributed by atoms with Gasteiger partial charge in [0.2, 0.25) is 5.91 Å². The predicted octanol–water partition coefficient (Wildman–Crippen LogP) is 1.51. The molecule has 0 aliphatic heterocycles. The van der Waals surface area contributed by atoms with Gasteiger partial charge in [0.25, 0.3) is 0 Å². The number of ketones is 1. The van der Waals surface area contributed by atoms with Gasteiger partial charge in [-0.05, 0) is 25.0 Å². The maximum atomic E-state index is 11.8. The molecule has 1 aromatic carbocycles. The molecule has 0 radical (unpaired) electrons. The van der Waals surface area contributed by atoms with Crippen LogP contribution in [-0.2, 0) is 4.79 Å². The van der Waals surface area contributed by atoms with Crippen LogP contribution < -0.4 is 11.1 Å². The van der Waals surface area contributed by atoms with E-state index in [-0.39, 0.29) is 24.5 Å². The number of nitrogen functional groups attached to an aromatic ring is 1. The molecule has 1 aromatic rings. The van der Waals surface area contributed by atoms with Crippen molar-refractivity contribution in [2.75, 3.05) is 5.73 Å². The fourth-order valence-electron chi connectivity index (χ4n) is 1.61. The number of hydrogen-bond donors (Lipinski definition) is 2. The Kier molecular flexibility index (Phi) is 3.42. The molecule has 1 aliphatic carbocycles. The van der Waals surface area contributed by atoms with Gasteiger partial charge in [-0.1, -0.05) is 12.1 Å². The molecule has 1 amide bonds. The van der Waals surface area contributed by atoms with Crippen LogP contribution in [0.3, 0.4) is 0 Å². The summed E-state index contributed by atoms with van der Waals surface area (Å²) in [5.41, 5.74) is 6.74. The molecule has 1 fully saturated rings. The summed E-state index contributed by atoms with van der Waals surface area (Å²) >= 11 is 0. The zero-order valence-corrected chi connectivity index (χ0v) is 9.61. The second-order valence-corrected chi connectivity index (χ2v) is 4.39. The molecule has 1 saturated carbocycles. The van der Waals surface area contributed by atoms with E-state index >= 15 is 0 Å². The highest BCUT2D eigenvalue weighted by atomic mass is 16.2. The summed E-state index contributed by atoms with van der Waals surface area (Å²) in [4.78, 5) is 23.2. The first-order chi connectivity index (χ1) is 8.15. The first-order valence-electron chi connectivity index (χ1n) is 5.83. The summed E-state index contributed by atoms with van der Waals surface area (Å²) in [6.07, 6.45) is 2.62. The average molecular weight is 232 g/mol. The van der Waals surface area contributed by atoms with Crippen molar-refractivity contribution in [2.45, 2.75) is 31.7 Å². The zero-order chi connectivity index (χ0) is 12.3. The first-order valence-corrected chi connectivity index (χ1v) is 5.83. The Morgan fingerprint density at radius 1 is 1.29 bits per heavy atom. The van der Waals surface area contributed by atoms with E-state index in [1.807, 2.05) is 0 Å². The van der Waals surface area contributed by atoms with Crippen molar-refractivity contribution in [3.05, 3.63) is 29.8 Å². The number of nitrogens with two attached hydrogens (primary N) is 1. The Balaban J connectivity index is 1.82. The molecule has 0 unspecified atom stereocenters. The average Bonchev–Trinajstić information content (AvgIpc) is 3.10. The number of carbonyl (C=O) groups is 2. The van der Waals surface area contributed by atoms with Crippen LogP contribution >= 0.6 is 0 Å². The quantitative estimate of drug-likeness (QED) is 0.597. The van der Waals surface area contributed by atoms with Crippen LogP contribution in [0.15, 0.2) is 24.3 Å². The maximum Gasteiger partial charge on any atom is 0.220 e. The third kappa shape index (κ3) is 3.59. The van der Waals surface area contributed by atoms with Gasteiger partial charge in [-0.3, -0.25) is 9.59 Å². The first kappa shape index (κ1) is 11.6. The molecule has 90 valence electrons. The molecule has 1 aliphatic rings. The van der Waals surface area contributed by atoms with E-state index in [0.717, 1.165) is 12.8 Å². The number of anilines is 1. The van der Waals surface area contributed by atoms with Gasteiger partial charge in [-0.15, -0.1) is 0 Å². The van der Waals surface area contributed by atoms with E-state index in [1.54, 1.807) is 24.3 Å². The van der Waals surface area contributed by atoms with E-state index < -0.39 is 0 Å². The van der Waals surface area contributed by atoms with Crippen LogP contribution in [0, 0.1) is 0 Å². The number of amides is 1. The van der Waals surface area contributed by atoms with Gasteiger partial charge in [0.15, 0.2) is 5.78 Å². The smallest absolute Gasteiger partial charge is 0.220 e. The van der Waals surface area contributed by atoms with Gasteiger partial charge >= 0.3 is 0 Å². The van der Waals surface area contributed by atoms with Gasteiger partial charge in [0.05, 0.1) is 0 Å². The lowest BCUT2D eigenvalue weighted by Gasteiger charge is -2.03. The molecular weight excluding hydrogens is 216 g/mol. The van der Waals surface area contributed by atoms with Crippen LogP contribution in [0.4, 0.5) is 5.69 Å². The molecule has 4 nitrogen and oxygen atoms in total. The molecule has 0 spiro atoms. The highest BCUT2D eigenvalue weighted by Crippen LogP contribution is 2.19. The minimum atomic E-state index is -0.0387. The van der Waals surface area contributed by atoms with Gasteiger partial charge < -0.3 is 11.1 Å². The zero-order valence-electron chi connectivity index (χ0n) is 9.61. The van der Waals surface area contributed by atoms with Crippen LogP contribution in [-0.4, -0.2) is 17.7 Å². The number of benzene rings is 1. The third-order valence-electron chi connectivity index (χ3n) is 2.73. The Labute approximate surface area is 100 Å². The summed E-state index contributed by atoms with van der Waals surface area (Å²) in [6.45, 7) is 0. The second kappa shape index (κ2) is 4.99. The van der Waals surface area contributed by atoms with Crippen LogP contribution in [0.5, 0.6) is 0 Å². The molecule has 3 N–H and O–H groups in total. The van der Waals surface area contributed by atoms with Crippen molar-refractivity contribution in [2.24, 2.45) is 0 Å². The number of carbonyl (C=O) groups excluding carboxylic acids is 2. The summed E-state index contributed by atoms with van der Waals surface area (Å²) in [7, 11) is 0. The van der Waals surface area contributed by atoms with Gasteiger partial charge in [-0.2, -0.15) is 0 Å². The lowest BCUT2D eigenvalue weighted by molar-refractivity contribution is -0.121. The number of hydrogen-bond acceptors (Lipinski definition) is 3. The van der Waals surface area contributed by atoms with E-state index in [2.05, 4.69) is 5.32 Å². The molecule has 0 heterocycles. The standard InChI is InChI=1S/C13H16N2O2/c14-10-3-1-2-9(8-10)12(16)6-7-13(17)15-11-4-5-11/h1-3,8,11H,4-7,14H2,(H,15,17). The van der Waals surface area contributed by atoms with E-state index in [0.29, 0.717) is 17.3 Å². The Morgan fingerprint density at radius 3 is 2.71 bits per heavy atom. The number of rotatable bonds is 5. The van der Waals surface area contributed by atoms with Gasteiger partial charge in [-0.25, -0.2) is 0 Å². The summed E-state index contributed by atoms with van der Waals surface area (Å²) in [5, 5.41) is 2.86. The largest absolute Gasteiger partial charge is 0.399 e. The highest BCUT2D eigenvalue weighted by molar-refractivity contribution is 5.98. The van der Waals surface area contributed by atoms with Crippen molar-refractivity contribution < 1.29 is 9.59 Å². The number of nitrogens with one attached hydrogen (secondary N) is 1. The molecule has 0 saturated heterocycles. The topological polar surface area (TPSA) is 72.2 Å². The number of Topliss-reactive ketones (excluding diaryl/α,β-unsaturated/α-hetero) is 1. The Bertz CT molecular complexity index is 439. The normalized spacial score (nSPS) is 14.4. The fourth-order valence-corrected chi connectivity index (χ4v) is 1.61. The van der Waals surface area contributed by atoms with E-state index in [1.165, 1.54) is 0 Å². The Hall–Kier alpha value is -1.84. The van der Waals surface area contributed by atoms with Crippen LogP contribution in [0.2, 0.25) is 0 Å². The van der Waals surface area contributed by atoms with Crippen molar-refractivity contribution in [3.63, 3.8) is 0 Å². The van der Waals surface area contributed by atoms with Gasteiger partial charge in [0.1, 0.15) is 0 Å². The molecule has 4 heteroatoms. The summed E-state index contributed by atoms with van der Waals surface area (Å²) < 4.78 is 0. The molecule has 0 bridgehead atoms. The third-order valence-corrected chi connectivity index (χ3v) is 2.73.